The van der Waals surface area contributed by atoms with Crippen LogP contribution < -0.4 is 15.7 Å². The Morgan fingerprint density at radius 1 is 0.949 bits per heavy atom. The van der Waals surface area contributed by atoms with E-state index in [1.165, 1.54) is 10.6 Å². The van der Waals surface area contributed by atoms with Crippen molar-refractivity contribution in [2.45, 2.75) is 26.6 Å². The number of carbonyl (C=O) groups excluding carboxylic acids is 2. The quantitative estimate of drug-likeness (QED) is 0.345. The molecular weight excluding hydrogens is 539 g/mol. The molecule has 200 valence electrons. The molecule has 2 heterocycles. The van der Waals surface area contributed by atoms with Gasteiger partial charge in [0, 0.05) is 25.2 Å². The van der Waals surface area contributed by atoms with Crippen molar-refractivity contribution < 1.29 is 14.3 Å². The molecule has 1 aliphatic heterocycles. The normalized spacial score (nSPS) is 12.6. The zero-order valence-electron chi connectivity index (χ0n) is 21.2. The molecule has 0 bridgehead atoms. The van der Waals surface area contributed by atoms with E-state index in [1.54, 1.807) is 45.9 Å². The minimum Gasteiger partial charge on any atom is -0.494 e. The van der Waals surface area contributed by atoms with Gasteiger partial charge in [0.05, 0.1) is 34.6 Å². The number of fused-ring (bicyclic) bond motifs is 1. The van der Waals surface area contributed by atoms with E-state index >= 15 is 0 Å². The Morgan fingerprint density at radius 2 is 1.69 bits per heavy atom. The monoisotopic (exact) mass is 564 g/mol. The van der Waals surface area contributed by atoms with Crippen LogP contribution in [0.2, 0.25) is 10.0 Å². The van der Waals surface area contributed by atoms with Crippen molar-refractivity contribution in [3.8, 4) is 11.4 Å². The molecule has 0 aliphatic carbocycles. The minimum absolute atomic E-state index is 0.0758. The first-order valence-corrected chi connectivity index (χ1v) is 13.3. The Balaban J connectivity index is 1.53. The Kier molecular flexibility index (Phi) is 7.77. The van der Waals surface area contributed by atoms with Crippen molar-refractivity contribution in [3.63, 3.8) is 0 Å². The highest BCUT2D eigenvalue weighted by Gasteiger charge is 2.32. The molecule has 1 N–H and O–H groups in total. The van der Waals surface area contributed by atoms with Gasteiger partial charge in [-0.2, -0.15) is 0 Å². The SMILES string of the molecule is CCOc1ccc(-n2c(C(=O)NCc3ccccc3)c3n(c2=O)CCN(C(=O)c2ccc(Cl)c(Cl)c2)C3)cc1. The lowest BCUT2D eigenvalue weighted by Crippen LogP contribution is -2.41. The van der Waals surface area contributed by atoms with Crippen LogP contribution in [0.25, 0.3) is 5.69 Å². The van der Waals surface area contributed by atoms with Gasteiger partial charge in [-0.3, -0.25) is 18.7 Å². The van der Waals surface area contributed by atoms with Crippen LogP contribution in [-0.2, 0) is 19.6 Å². The van der Waals surface area contributed by atoms with Gasteiger partial charge in [0.25, 0.3) is 11.8 Å². The Hall–Kier alpha value is -4.01. The highest BCUT2D eigenvalue weighted by molar-refractivity contribution is 6.42. The zero-order chi connectivity index (χ0) is 27.5. The van der Waals surface area contributed by atoms with Gasteiger partial charge in [-0.25, -0.2) is 4.79 Å². The number of nitrogens with one attached hydrogen (secondary N) is 1. The number of hydrogen-bond acceptors (Lipinski definition) is 4. The number of aromatic nitrogens is 2. The summed E-state index contributed by atoms with van der Waals surface area (Å²) < 4.78 is 8.50. The second-order valence-electron chi connectivity index (χ2n) is 9.02. The maximum absolute atomic E-state index is 13.7. The molecular formula is C29H26Cl2N4O4. The van der Waals surface area contributed by atoms with E-state index in [0.29, 0.717) is 40.9 Å². The van der Waals surface area contributed by atoms with Crippen LogP contribution in [0.15, 0.2) is 77.6 Å². The van der Waals surface area contributed by atoms with E-state index in [-0.39, 0.29) is 41.9 Å². The van der Waals surface area contributed by atoms with Crippen LogP contribution in [0.3, 0.4) is 0 Å². The highest BCUT2D eigenvalue weighted by atomic mass is 35.5. The largest absolute Gasteiger partial charge is 0.494 e. The molecule has 39 heavy (non-hydrogen) atoms. The molecule has 0 spiro atoms. The number of ether oxygens (including phenoxy) is 1. The predicted octanol–water partition coefficient (Wildman–Crippen LogP) is 4.93. The average Bonchev–Trinajstić information content (AvgIpc) is 3.25. The van der Waals surface area contributed by atoms with Crippen molar-refractivity contribution in [2.75, 3.05) is 13.2 Å². The Bertz CT molecular complexity index is 1580. The molecule has 10 heteroatoms. The molecule has 1 aliphatic rings. The van der Waals surface area contributed by atoms with Gasteiger partial charge in [0.15, 0.2) is 0 Å². The lowest BCUT2D eigenvalue weighted by Gasteiger charge is -2.28. The van der Waals surface area contributed by atoms with Crippen LogP contribution >= 0.6 is 23.2 Å². The van der Waals surface area contributed by atoms with E-state index in [1.807, 2.05) is 37.3 Å². The summed E-state index contributed by atoms with van der Waals surface area (Å²) in [6, 6.07) is 21.2. The van der Waals surface area contributed by atoms with Crippen molar-refractivity contribution >= 4 is 35.0 Å². The third-order valence-corrected chi connectivity index (χ3v) is 7.29. The van der Waals surface area contributed by atoms with Gasteiger partial charge in [-0.1, -0.05) is 53.5 Å². The van der Waals surface area contributed by atoms with Crippen molar-refractivity contribution in [1.82, 2.24) is 19.4 Å². The number of imidazole rings is 1. The molecule has 5 rings (SSSR count). The second-order valence-corrected chi connectivity index (χ2v) is 9.83. The lowest BCUT2D eigenvalue weighted by molar-refractivity contribution is 0.0706. The van der Waals surface area contributed by atoms with Gasteiger partial charge in [-0.05, 0) is 55.0 Å². The molecule has 0 radical (unpaired) electrons. The standard InChI is InChI=1S/C29H26Cl2N4O4/c1-2-39-22-11-9-21(10-12-22)35-26(27(36)32-17-19-6-4-3-5-7-19)25-18-33(14-15-34(25)29(35)38)28(37)20-8-13-23(30)24(31)16-20/h3-13,16H,2,14-15,17-18H2,1H3,(H,32,36). The summed E-state index contributed by atoms with van der Waals surface area (Å²) in [7, 11) is 0. The van der Waals surface area contributed by atoms with Crippen LogP contribution in [0.1, 0.15) is 39.0 Å². The van der Waals surface area contributed by atoms with Crippen molar-refractivity contribution in [3.05, 3.63) is 116 Å². The molecule has 0 atom stereocenters. The van der Waals surface area contributed by atoms with Gasteiger partial charge in [-0.15, -0.1) is 0 Å². The lowest BCUT2D eigenvalue weighted by atomic mass is 10.1. The maximum atomic E-state index is 13.7. The van der Waals surface area contributed by atoms with Crippen LogP contribution in [0.4, 0.5) is 0 Å². The molecule has 0 unspecified atom stereocenters. The topological polar surface area (TPSA) is 85.6 Å². The molecule has 0 fully saturated rings. The summed E-state index contributed by atoms with van der Waals surface area (Å²) in [5.41, 5.74) is 2.12. The summed E-state index contributed by atoms with van der Waals surface area (Å²) in [5.74, 6) is -0.0223. The first-order chi connectivity index (χ1) is 18.9. The van der Waals surface area contributed by atoms with E-state index in [0.717, 1.165) is 5.56 Å². The predicted molar refractivity (Wildman–Crippen MR) is 150 cm³/mol. The van der Waals surface area contributed by atoms with E-state index in [9.17, 15) is 14.4 Å². The van der Waals surface area contributed by atoms with Gasteiger partial charge < -0.3 is 15.0 Å². The van der Waals surface area contributed by atoms with Crippen molar-refractivity contribution in [2.24, 2.45) is 0 Å². The Labute approximate surface area is 235 Å². The highest BCUT2D eigenvalue weighted by Crippen LogP contribution is 2.26. The summed E-state index contributed by atoms with van der Waals surface area (Å²) in [6.45, 7) is 3.30. The summed E-state index contributed by atoms with van der Waals surface area (Å²) in [6.07, 6.45) is 0. The van der Waals surface area contributed by atoms with E-state index < -0.39 is 5.91 Å². The Morgan fingerprint density at radius 3 is 2.38 bits per heavy atom. The summed E-state index contributed by atoms with van der Waals surface area (Å²) in [4.78, 5) is 42.2. The molecule has 0 saturated heterocycles. The number of hydrogen-bond donors (Lipinski definition) is 1. The summed E-state index contributed by atoms with van der Waals surface area (Å²) in [5, 5.41) is 3.57. The number of halogens is 2. The number of benzene rings is 3. The molecule has 1 aromatic heterocycles. The van der Waals surface area contributed by atoms with Crippen LogP contribution in [-0.4, -0.2) is 39.0 Å². The van der Waals surface area contributed by atoms with E-state index in [2.05, 4.69) is 5.32 Å². The smallest absolute Gasteiger partial charge is 0.333 e. The van der Waals surface area contributed by atoms with Crippen molar-refractivity contribution in [1.29, 1.82) is 0 Å². The molecule has 0 saturated carbocycles. The number of nitrogens with zero attached hydrogens (tertiary/aromatic N) is 3. The number of amides is 2. The van der Waals surface area contributed by atoms with Crippen LogP contribution in [0, 0.1) is 0 Å². The number of rotatable bonds is 7. The molecule has 4 aromatic rings. The van der Waals surface area contributed by atoms with Gasteiger partial charge >= 0.3 is 5.69 Å². The average molecular weight is 565 g/mol. The third kappa shape index (κ3) is 5.44. The minimum atomic E-state index is -0.414. The van der Waals surface area contributed by atoms with Gasteiger partial charge in [0.1, 0.15) is 11.4 Å². The maximum Gasteiger partial charge on any atom is 0.333 e. The second kappa shape index (κ2) is 11.4. The third-order valence-electron chi connectivity index (χ3n) is 6.55. The van der Waals surface area contributed by atoms with E-state index in [4.69, 9.17) is 27.9 Å². The van der Waals surface area contributed by atoms with Crippen LogP contribution in [0.5, 0.6) is 5.75 Å². The fourth-order valence-electron chi connectivity index (χ4n) is 4.64. The molecule has 8 nitrogen and oxygen atoms in total. The fourth-order valence-corrected chi connectivity index (χ4v) is 4.94. The molecule has 2 amide bonds. The van der Waals surface area contributed by atoms with Gasteiger partial charge in [0.2, 0.25) is 0 Å². The summed E-state index contributed by atoms with van der Waals surface area (Å²) >= 11 is 12.2. The first-order valence-electron chi connectivity index (χ1n) is 12.5. The fraction of sp³-hybridized carbons (Fsp3) is 0.207. The zero-order valence-corrected chi connectivity index (χ0v) is 22.7. The first kappa shape index (κ1) is 26.6. The number of carbonyl (C=O) groups is 2. The molecule has 3 aromatic carbocycles.